The molecule has 2 aliphatic rings. The summed E-state index contributed by atoms with van der Waals surface area (Å²) >= 11 is 0. The average Bonchev–Trinajstić information content (AvgIpc) is 2.34. The van der Waals surface area contributed by atoms with Gasteiger partial charge in [-0.1, -0.05) is 33.6 Å². The second kappa shape index (κ2) is 5.47. The van der Waals surface area contributed by atoms with Crippen molar-refractivity contribution < 1.29 is 9.84 Å². The molecular formula is C20H30O2. The molecule has 2 atom stereocenters. The number of phenolic OH excluding ortho intramolecular Hbond substituents is 1. The number of phenols is 1. The number of fused-ring (bicyclic) bond motifs is 4. The molecule has 0 radical (unpaired) electrons. The standard InChI is InChI=1S/C20H30O2/c1-5-6-7-8-14-9-16(21)10-17-18(14)15-11-19(2,3)13-20(4,12-15)22-17/h9-10,15,21H,5-8,11-13H2,1-4H3. The van der Waals surface area contributed by atoms with Crippen LogP contribution in [-0.2, 0) is 6.42 Å². The van der Waals surface area contributed by atoms with E-state index in [0.29, 0.717) is 17.1 Å². The number of ether oxygens (including phenoxy) is 1. The first-order valence-corrected chi connectivity index (χ1v) is 8.87. The highest BCUT2D eigenvalue weighted by Gasteiger charge is 2.47. The van der Waals surface area contributed by atoms with E-state index in [-0.39, 0.29) is 5.60 Å². The molecule has 1 saturated carbocycles. The molecule has 1 N–H and O–H groups in total. The predicted octanol–water partition coefficient (Wildman–Crippen LogP) is 5.57. The Hall–Kier alpha value is -1.18. The molecule has 0 saturated heterocycles. The van der Waals surface area contributed by atoms with Crippen molar-refractivity contribution in [2.24, 2.45) is 5.41 Å². The fourth-order valence-corrected chi connectivity index (χ4v) is 4.95. The fourth-order valence-electron chi connectivity index (χ4n) is 4.95. The number of unbranched alkanes of at least 4 members (excludes halogenated alkanes) is 2. The minimum atomic E-state index is -0.0755. The van der Waals surface area contributed by atoms with Crippen molar-refractivity contribution in [3.05, 3.63) is 23.3 Å². The number of aromatic hydroxyl groups is 1. The van der Waals surface area contributed by atoms with Gasteiger partial charge in [0.05, 0.1) is 0 Å². The van der Waals surface area contributed by atoms with Crippen molar-refractivity contribution in [2.45, 2.75) is 84.2 Å². The first kappa shape index (κ1) is 15.7. The third kappa shape index (κ3) is 2.98. The van der Waals surface area contributed by atoms with Gasteiger partial charge in [0.15, 0.2) is 0 Å². The maximum Gasteiger partial charge on any atom is 0.127 e. The number of benzene rings is 1. The molecule has 0 aromatic heterocycles. The van der Waals surface area contributed by atoms with Crippen molar-refractivity contribution in [2.75, 3.05) is 0 Å². The number of rotatable bonds is 4. The Balaban J connectivity index is 1.98. The van der Waals surface area contributed by atoms with Gasteiger partial charge in [-0.15, -0.1) is 0 Å². The lowest BCUT2D eigenvalue weighted by Gasteiger charge is -2.51. The van der Waals surface area contributed by atoms with E-state index < -0.39 is 0 Å². The lowest BCUT2D eigenvalue weighted by atomic mass is 9.62. The first-order chi connectivity index (χ1) is 10.3. The van der Waals surface area contributed by atoms with E-state index in [1.165, 1.54) is 36.8 Å². The van der Waals surface area contributed by atoms with Crippen molar-refractivity contribution in [3.63, 3.8) is 0 Å². The quantitative estimate of drug-likeness (QED) is 0.737. The zero-order valence-electron chi connectivity index (χ0n) is 14.5. The van der Waals surface area contributed by atoms with Crippen molar-refractivity contribution >= 4 is 0 Å². The minimum absolute atomic E-state index is 0.0755. The highest BCUT2D eigenvalue weighted by Crippen LogP contribution is 2.56. The highest BCUT2D eigenvalue weighted by atomic mass is 16.5. The van der Waals surface area contributed by atoms with Gasteiger partial charge in [-0.25, -0.2) is 0 Å². The van der Waals surface area contributed by atoms with E-state index in [9.17, 15) is 5.11 Å². The van der Waals surface area contributed by atoms with E-state index in [0.717, 1.165) is 25.0 Å². The molecule has 3 rings (SSSR count). The molecule has 122 valence electrons. The summed E-state index contributed by atoms with van der Waals surface area (Å²) in [4.78, 5) is 0. The van der Waals surface area contributed by atoms with Crippen LogP contribution in [0.25, 0.3) is 0 Å². The van der Waals surface area contributed by atoms with Gasteiger partial charge in [-0.05, 0) is 62.0 Å². The molecule has 1 heterocycles. The lowest BCUT2D eigenvalue weighted by molar-refractivity contribution is -0.0286. The highest BCUT2D eigenvalue weighted by molar-refractivity contribution is 5.50. The molecule has 1 fully saturated rings. The van der Waals surface area contributed by atoms with Gasteiger partial charge in [-0.3, -0.25) is 0 Å². The second-order valence-corrected chi connectivity index (χ2v) is 8.47. The van der Waals surface area contributed by atoms with E-state index in [2.05, 4.69) is 27.7 Å². The molecule has 2 nitrogen and oxygen atoms in total. The Kier molecular flexibility index (Phi) is 3.91. The van der Waals surface area contributed by atoms with Crippen LogP contribution in [0.5, 0.6) is 11.5 Å². The normalized spacial score (nSPS) is 28.8. The smallest absolute Gasteiger partial charge is 0.127 e. The molecule has 2 heteroatoms. The Morgan fingerprint density at radius 3 is 2.68 bits per heavy atom. The lowest BCUT2D eigenvalue weighted by Crippen LogP contribution is -2.47. The van der Waals surface area contributed by atoms with Gasteiger partial charge in [-0.2, -0.15) is 0 Å². The summed E-state index contributed by atoms with van der Waals surface area (Å²) in [5, 5.41) is 10.1. The van der Waals surface area contributed by atoms with Crippen LogP contribution >= 0.6 is 0 Å². The van der Waals surface area contributed by atoms with Crippen LogP contribution < -0.4 is 4.74 Å². The van der Waals surface area contributed by atoms with Gasteiger partial charge >= 0.3 is 0 Å². The summed E-state index contributed by atoms with van der Waals surface area (Å²) in [7, 11) is 0. The van der Waals surface area contributed by atoms with E-state index in [1.807, 2.05) is 12.1 Å². The number of aryl methyl sites for hydroxylation is 1. The molecule has 2 unspecified atom stereocenters. The van der Waals surface area contributed by atoms with E-state index >= 15 is 0 Å². The molecule has 22 heavy (non-hydrogen) atoms. The van der Waals surface area contributed by atoms with Crippen LogP contribution in [0.1, 0.15) is 83.3 Å². The summed E-state index contributed by atoms with van der Waals surface area (Å²) in [6.07, 6.45) is 8.17. The van der Waals surface area contributed by atoms with Crippen LogP contribution in [0.15, 0.2) is 12.1 Å². The number of hydrogen-bond acceptors (Lipinski definition) is 2. The topological polar surface area (TPSA) is 29.5 Å². The van der Waals surface area contributed by atoms with Gasteiger partial charge in [0, 0.05) is 11.6 Å². The van der Waals surface area contributed by atoms with Gasteiger partial charge in [0.1, 0.15) is 17.1 Å². The largest absolute Gasteiger partial charge is 0.508 e. The van der Waals surface area contributed by atoms with E-state index in [1.54, 1.807) is 0 Å². The Labute approximate surface area is 134 Å². The zero-order valence-corrected chi connectivity index (χ0v) is 14.5. The van der Waals surface area contributed by atoms with Crippen LogP contribution in [-0.4, -0.2) is 10.7 Å². The summed E-state index contributed by atoms with van der Waals surface area (Å²) in [6.45, 7) is 9.20. The average molecular weight is 302 g/mol. The van der Waals surface area contributed by atoms with Crippen LogP contribution in [0.2, 0.25) is 0 Å². The van der Waals surface area contributed by atoms with Crippen LogP contribution in [0.4, 0.5) is 0 Å². The molecular weight excluding hydrogens is 272 g/mol. The predicted molar refractivity (Wildman–Crippen MR) is 90.7 cm³/mol. The Bertz CT molecular complexity index is 561. The van der Waals surface area contributed by atoms with Gasteiger partial charge in [0.25, 0.3) is 0 Å². The maximum absolute atomic E-state index is 10.1. The SMILES string of the molecule is CCCCCc1cc(O)cc2c1C1CC(C)(C)CC(C)(C1)O2. The monoisotopic (exact) mass is 302 g/mol. The molecule has 0 spiro atoms. The molecule has 1 aliphatic carbocycles. The van der Waals surface area contributed by atoms with Crippen LogP contribution in [0.3, 0.4) is 0 Å². The molecule has 1 aromatic rings. The van der Waals surface area contributed by atoms with Crippen molar-refractivity contribution in [1.29, 1.82) is 0 Å². The number of hydrogen-bond donors (Lipinski definition) is 1. The summed E-state index contributed by atoms with van der Waals surface area (Å²) in [5.41, 5.74) is 2.95. The first-order valence-electron chi connectivity index (χ1n) is 8.87. The Morgan fingerprint density at radius 1 is 1.18 bits per heavy atom. The Morgan fingerprint density at radius 2 is 1.95 bits per heavy atom. The molecule has 0 amide bonds. The third-order valence-corrected chi connectivity index (χ3v) is 5.36. The van der Waals surface area contributed by atoms with Crippen LogP contribution in [0, 0.1) is 5.41 Å². The summed E-state index contributed by atoms with van der Waals surface area (Å²) in [6, 6.07) is 3.81. The fraction of sp³-hybridized carbons (Fsp3) is 0.700. The molecule has 1 aromatic carbocycles. The van der Waals surface area contributed by atoms with E-state index in [4.69, 9.17) is 4.74 Å². The summed E-state index contributed by atoms with van der Waals surface area (Å²) < 4.78 is 6.39. The van der Waals surface area contributed by atoms with Gasteiger partial charge < -0.3 is 9.84 Å². The minimum Gasteiger partial charge on any atom is -0.508 e. The maximum atomic E-state index is 10.1. The summed E-state index contributed by atoms with van der Waals surface area (Å²) in [5.74, 6) is 1.88. The van der Waals surface area contributed by atoms with Crippen molar-refractivity contribution in [3.8, 4) is 11.5 Å². The zero-order chi connectivity index (χ0) is 16.0. The molecule has 2 bridgehead atoms. The second-order valence-electron chi connectivity index (χ2n) is 8.47. The third-order valence-electron chi connectivity index (χ3n) is 5.36. The van der Waals surface area contributed by atoms with Gasteiger partial charge in [0.2, 0.25) is 0 Å². The molecule has 1 aliphatic heterocycles. The van der Waals surface area contributed by atoms with Crippen molar-refractivity contribution in [1.82, 2.24) is 0 Å².